The number of fused-ring (bicyclic) bond motifs is 2. The Balaban J connectivity index is 2.05. The summed E-state index contributed by atoms with van der Waals surface area (Å²) in [5, 5.41) is 0. The summed E-state index contributed by atoms with van der Waals surface area (Å²) >= 11 is 0. The zero-order valence-corrected chi connectivity index (χ0v) is 9.82. The molecule has 3 aliphatic carbocycles. The number of esters is 1. The summed E-state index contributed by atoms with van der Waals surface area (Å²) in [5.74, 6) is 1.03. The first kappa shape index (κ1) is 10.9. The van der Waals surface area contributed by atoms with Gasteiger partial charge >= 0.3 is 5.97 Å². The van der Waals surface area contributed by atoms with E-state index < -0.39 is 0 Å². The summed E-state index contributed by atoms with van der Waals surface area (Å²) in [5.41, 5.74) is 6.50. The highest BCUT2D eigenvalue weighted by Crippen LogP contribution is 2.60. The Kier molecular flexibility index (Phi) is 2.53. The summed E-state index contributed by atoms with van der Waals surface area (Å²) in [6.45, 7) is 6.85. The molecule has 3 rings (SSSR count). The van der Waals surface area contributed by atoms with Crippen molar-refractivity contribution in [2.24, 2.45) is 28.9 Å². The van der Waals surface area contributed by atoms with Gasteiger partial charge in [0, 0.05) is 6.04 Å². The van der Waals surface area contributed by atoms with Crippen molar-refractivity contribution in [1.82, 2.24) is 0 Å². The van der Waals surface area contributed by atoms with E-state index >= 15 is 0 Å². The molecule has 3 aliphatic rings. The molecule has 15 heavy (non-hydrogen) atoms. The van der Waals surface area contributed by atoms with Crippen molar-refractivity contribution < 1.29 is 9.53 Å². The molecule has 0 aromatic carbocycles. The molecule has 2 bridgehead atoms. The van der Waals surface area contributed by atoms with Gasteiger partial charge in [-0.1, -0.05) is 13.8 Å². The molecule has 0 spiro atoms. The highest BCUT2D eigenvalue weighted by molar-refractivity contribution is 5.73. The van der Waals surface area contributed by atoms with Crippen molar-refractivity contribution in [2.45, 2.75) is 39.7 Å². The lowest BCUT2D eigenvalue weighted by molar-refractivity contribution is -0.164. The van der Waals surface area contributed by atoms with Crippen LogP contribution in [0.4, 0.5) is 0 Å². The SMILES string of the molecule is CCOC(=O)[C@@H]1C[C@@H]2C[C@H]([C@@H]1N)C2(C)C. The lowest BCUT2D eigenvalue weighted by atomic mass is 9.45. The van der Waals surface area contributed by atoms with E-state index in [-0.39, 0.29) is 17.9 Å². The van der Waals surface area contributed by atoms with Gasteiger partial charge in [0.15, 0.2) is 0 Å². The van der Waals surface area contributed by atoms with Crippen LogP contribution in [0.15, 0.2) is 0 Å². The maximum absolute atomic E-state index is 11.7. The lowest BCUT2D eigenvalue weighted by Gasteiger charge is -2.61. The molecule has 3 saturated carbocycles. The molecule has 0 amide bonds. The quantitative estimate of drug-likeness (QED) is 0.705. The minimum Gasteiger partial charge on any atom is -0.466 e. The van der Waals surface area contributed by atoms with E-state index in [2.05, 4.69) is 13.8 Å². The standard InChI is InChI=1S/C12H21NO2/c1-4-15-11(14)8-5-7-6-9(10(8)13)12(7,2)3/h7-10H,4-6,13H2,1-3H3/t7-,8-,9-,10-/m1/s1. The minimum absolute atomic E-state index is 0.00375. The van der Waals surface area contributed by atoms with E-state index in [1.807, 2.05) is 6.92 Å². The third-order valence-electron chi connectivity index (χ3n) is 4.60. The third kappa shape index (κ3) is 1.48. The third-order valence-corrected chi connectivity index (χ3v) is 4.60. The van der Waals surface area contributed by atoms with E-state index in [0.717, 1.165) is 6.42 Å². The molecule has 0 aliphatic heterocycles. The van der Waals surface area contributed by atoms with E-state index in [1.54, 1.807) is 0 Å². The van der Waals surface area contributed by atoms with Gasteiger partial charge in [-0.05, 0) is 37.0 Å². The van der Waals surface area contributed by atoms with Crippen LogP contribution in [0, 0.1) is 23.2 Å². The van der Waals surface area contributed by atoms with Crippen molar-refractivity contribution in [3.63, 3.8) is 0 Å². The topological polar surface area (TPSA) is 52.3 Å². The molecule has 86 valence electrons. The summed E-state index contributed by atoms with van der Waals surface area (Å²) in [7, 11) is 0. The van der Waals surface area contributed by atoms with Gasteiger partial charge in [0.25, 0.3) is 0 Å². The van der Waals surface area contributed by atoms with Crippen molar-refractivity contribution >= 4 is 5.97 Å². The van der Waals surface area contributed by atoms with Gasteiger partial charge in [-0.3, -0.25) is 4.79 Å². The molecule has 0 radical (unpaired) electrons. The zero-order valence-electron chi connectivity index (χ0n) is 9.82. The number of nitrogens with two attached hydrogens (primary N) is 1. The fourth-order valence-electron chi connectivity index (χ4n) is 3.36. The number of rotatable bonds is 2. The average Bonchev–Trinajstić information content (AvgIpc) is 2.17. The number of hydrogen-bond donors (Lipinski definition) is 1. The van der Waals surface area contributed by atoms with Gasteiger partial charge in [0.05, 0.1) is 12.5 Å². The summed E-state index contributed by atoms with van der Waals surface area (Å²) in [6, 6.07) is 0.00375. The predicted molar refractivity (Wildman–Crippen MR) is 58.1 cm³/mol. The smallest absolute Gasteiger partial charge is 0.310 e. The van der Waals surface area contributed by atoms with E-state index in [9.17, 15) is 4.79 Å². The van der Waals surface area contributed by atoms with Crippen molar-refractivity contribution in [2.75, 3.05) is 6.61 Å². The van der Waals surface area contributed by atoms with Gasteiger partial charge in [-0.25, -0.2) is 0 Å². The van der Waals surface area contributed by atoms with Crippen molar-refractivity contribution in [1.29, 1.82) is 0 Å². The Bertz CT molecular complexity index is 275. The minimum atomic E-state index is -0.0878. The summed E-state index contributed by atoms with van der Waals surface area (Å²) < 4.78 is 5.07. The Hall–Kier alpha value is -0.570. The molecule has 0 aromatic rings. The maximum atomic E-state index is 11.7. The van der Waals surface area contributed by atoms with Gasteiger partial charge in [-0.2, -0.15) is 0 Å². The van der Waals surface area contributed by atoms with Crippen molar-refractivity contribution in [3.8, 4) is 0 Å². The predicted octanol–water partition coefficient (Wildman–Crippen LogP) is 1.56. The second-order valence-corrected chi connectivity index (χ2v) is 5.53. The van der Waals surface area contributed by atoms with Crippen LogP contribution in [-0.2, 0) is 9.53 Å². The molecule has 3 nitrogen and oxygen atoms in total. The molecule has 0 unspecified atom stereocenters. The van der Waals surface area contributed by atoms with Gasteiger partial charge in [0.2, 0.25) is 0 Å². The monoisotopic (exact) mass is 211 g/mol. The maximum Gasteiger partial charge on any atom is 0.310 e. The molecular formula is C12H21NO2. The van der Waals surface area contributed by atoms with Crippen LogP contribution in [-0.4, -0.2) is 18.6 Å². The molecule has 0 aromatic heterocycles. The fraction of sp³-hybridized carbons (Fsp3) is 0.917. The van der Waals surface area contributed by atoms with E-state index in [1.165, 1.54) is 6.42 Å². The van der Waals surface area contributed by atoms with Gasteiger partial charge in [0.1, 0.15) is 0 Å². The van der Waals surface area contributed by atoms with Crippen LogP contribution < -0.4 is 5.73 Å². The van der Waals surface area contributed by atoms with Gasteiger partial charge in [-0.15, -0.1) is 0 Å². The normalized spacial score (nSPS) is 41.9. The number of carbonyl (C=O) groups is 1. The Morgan fingerprint density at radius 2 is 2.13 bits per heavy atom. The molecule has 0 saturated heterocycles. The Morgan fingerprint density at radius 3 is 2.60 bits per heavy atom. The molecular weight excluding hydrogens is 190 g/mol. The first-order valence-corrected chi connectivity index (χ1v) is 5.90. The number of hydrogen-bond acceptors (Lipinski definition) is 3. The second-order valence-electron chi connectivity index (χ2n) is 5.53. The Morgan fingerprint density at radius 1 is 1.47 bits per heavy atom. The fourth-order valence-corrected chi connectivity index (χ4v) is 3.36. The van der Waals surface area contributed by atoms with Crippen LogP contribution in [0.3, 0.4) is 0 Å². The largest absolute Gasteiger partial charge is 0.466 e. The molecule has 0 heterocycles. The van der Waals surface area contributed by atoms with Crippen LogP contribution in [0.2, 0.25) is 0 Å². The van der Waals surface area contributed by atoms with E-state index in [0.29, 0.717) is 23.9 Å². The summed E-state index contributed by atoms with van der Waals surface area (Å²) in [4.78, 5) is 11.7. The van der Waals surface area contributed by atoms with Crippen molar-refractivity contribution in [3.05, 3.63) is 0 Å². The highest BCUT2D eigenvalue weighted by atomic mass is 16.5. The molecule has 2 N–H and O–H groups in total. The average molecular weight is 211 g/mol. The Labute approximate surface area is 91.4 Å². The number of carbonyl (C=O) groups excluding carboxylic acids is 1. The van der Waals surface area contributed by atoms with Crippen LogP contribution in [0.1, 0.15) is 33.6 Å². The van der Waals surface area contributed by atoms with Gasteiger partial charge < -0.3 is 10.5 Å². The zero-order chi connectivity index (χ0) is 11.2. The first-order chi connectivity index (χ1) is 6.98. The lowest BCUT2D eigenvalue weighted by Crippen LogP contribution is -2.62. The highest BCUT2D eigenvalue weighted by Gasteiger charge is 2.58. The molecule has 4 atom stereocenters. The molecule has 3 heteroatoms. The van der Waals surface area contributed by atoms with Crippen LogP contribution in [0.5, 0.6) is 0 Å². The summed E-state index contributed by atoms with van der Waals surface area (Å²) in [6.07, 6.45) is 2.12. The van der Waals surface area contributed by atoms with Crippen LogP contribution >= 0.6 is 0 Å². The first-order valence-electron chi connectivity index (χ1n) is 5.90. The molecule has 3 fully saturated rings. The number of ether oxygens (including phenoxy) is 1. The van der Waals surface area contributed by atoms with Crippen LogP contribution in [0.25, 0.3) is 0 Å². The van der Waals surface area contributed by atoms with E-state index in [4.69, 9.17) is 10.5 Å². The second kappa shape index (κ2) is 3.48.